The van der Waals surface area contributed by atoms with Gasteiger partial charge in [-0.15, -0.1) is 0 Å². The molecule has 1 fully saturated rings. The monoisotopic (exact) mass is 413 g/mol. The fourth-order valence-electron chi connectivity index (χ4n) is 2.87. The molecule has 1 amide bonds. The van der Waals surface area contributed by atoms with E-state index in [4.69, 9.17) is 9.47 Å². The molecule has 1 aliphatic rings. The minimum absolute atomic E-state index is 0.0552. The molecular formula is C19H27NO4Se. The maximum absolute atomic E-state index is 13.1. The molecule has 138 valence electrons. The number of hydrogen-bond acceptors (Lipinski definition) is 4. The van der Waals surface area contributed by atoms with Crippen LogP contribution in [0.5, 0.6) is 0 Å². The molecule has 0 radical (unpaired) electrons. The summed E-state index contributed by atoms with van der Waals surface area (Å²) in [6.07, 6.45) is -0.470. The Bertz CT molecular complexity index is 578. The molecule has 1 N–H and O–H groups in total. The molecule has 0 unspecified atom stereocenters. The zero-order valence-corrected chi connectivity index (χ0v) is 16.8. The molecule has 6 heteroatoms. The molecule has 1 heterocycles. The summed E-state index contributed by atoms with van der Waals surface area (Å²) < 4.78 is 11.9. The molecule has 1 saturated heterocycles. The van der Waals surface area contributed by atoms with Crippen molar-refractivity contribution in [3.63, 3.8) is 0 Å². The third-order valence-electron chi connectivity index (χ3n) is 4.36. The quantitative estimate of drug-likeness (QED) is 0.663. The van der Waals surface area contributed by atoms with Crippen LogP contribution in [0.4, 0.5) is 0 Å². The first kappa shape index (κ1) is 20.1. The van der Waals surface area contributed by atoms with E-state index < -0.39 is 12.2 Å². The zero-order valence-electron chi connectivity index (χ0n) is 15.1. The van der Waals surface area contributed by atoms with E-state index in [0.717, 1.165) is 12.0 Å². The van der Waals surface area contributed by atoms with Crippen LogP contribution in [0.1, 0.15) is 39.2 Å². The van der Waals surface area contributed by atoms with Crippen molar-refractivity contribution in [1.29, 1.82) is 0 Å². The standard InChI is InChI=1S/C19H27NO4Se/c1-4-8-16(21)17(23-11-14-9-6-5-7-10-14)18(22)20-15(13(2)3)12-24-19(20)25/h5-7,9-10,13,15-17,21H,4,8,11-12H2,1-3H3/t15-,16-,17-/m1/s1. The normalized spacial score (nSPS) is 19.8. The molecule has 0 aromatic heterocycles. The van der Waals surface area contributed by atoms with Crippen LogP contribution < -0.4 is 0 Å². The van der Waals surface area contributed by atoms with E-state index in [9.17, 15) is 9.90 Å². The van der Waals surface area contributed by atoms with E-state index in [1.165, 1.54) is 0 Å². The first-order chi connectivity index (χ1) is 12.0. The van der Waals surface area contributed by atoms with Gasteiger partial charge in [-0.3, -0.25) is 0 Å². The van der Waals surface area contributed by atoms with Crippen molar-refractivity contribution in [3.8, 4) is 0 Å². The van der Waals surface area contributed by atoms with Crippen LogP contribution in [0.2, 0.25) is 0 Å². The van der Waals surface area contributed by atoms with E-state index in [1.807, 2.05) is 37.3 Å². The number of amides is 1. The van der Waals surface area contributed by atoms with Crippen molar-refractivity contribution in [1.82, 2.24) is 4.90 Å². The summed E-state index contributed by atoms with van der Waals surface area (Å²) >= 11 is 2.82. The molecule has 5 nitrogen and oxygen atoms in total. The van der Waals surface area contributed by atoms with Gasteiger partial charge in [0.15, 0.2) is 0 Å². The number of carbonyl (C=O) groups is 1. The average Bonchev–Trinajstić information content (AvgIpc) is 2.98. The summed E-state index contributed by atoms with van der Waals surface area (Å²) in [4.78, 5) is 14.7. The fraction of sp³-hybridized carbons (Fsp3) is 0.579. The molecule has 0 spiro atoms. The van der Waals surface area contributed by atoms with Gasteiger partial charge in [-0.25, -0.2) is 0 Å². The van der Waals surface area contributed by atoms with Gasteiger partial charge in [0, 0.05) is 0 Å². The minimum atomic E-state index is -0.911. The van der Waals surface area contributed by atoms with Crippen LogP contribution in [0.15, 0.2) is 30.3 Å². The number of carbonyl (C=O) groups excluding carboxylic acids is 1. The van der Waals surface area contributed by atoms with Gasteiger partial charge >= 0.3 is 157 Å². The van der Waals surface area contributed by atoms with E-state index in [-0.39, 0.29) is 24.5 Å². The molecular weight excluding hydrogens is 385 g/mol. The first-order valence-corrected chi connectivity index (χ1v) is 9.64. The van der Waals surface area contributed by atoms with Crippen LogP contribution in [-0.4, -0.2) is 61.1 Å². The number of nitrogens with zero attached hydrogens (tertiary/aromatic N) is 1. The van der Waals surface area contributed by atoms with Crippen LogP contribution in [0.3, 0.4) is 0 Å². The Balaban J connectivity index is 2.15. The Morgan fingerprint density at radius 2 is 2.08 bits per heavy atom. The molecule has 0 aliphatic carbocycles. The fourth-order valence-corrected chi connectivity index (χ4v) is 3.49. The summed E-state index contributed by atoms with van der Waals surface area (Å²) in [7, 11) is 0. The van der Waals surface area contributed by atoms with Crippen molar-refractivity contribution in [2.45, 2.75) is 58.5 Å². The van der Waals surface area contributed by atoms with Crippen molar-refractivity contribution in [2.75, 3.05) is 6.61 Å². The molecule has 1 aliphatic heterocycles. The average molecular weight is 412 g/mol. The maximum atomic E-state index is 13.1. The Labute approximate surface area is 157 Å². The SMILES string of the molecule is CCC[C@@H](O)[C@@H](OCc1ccccc1)C(=O)N1C(=[Se])OC[C@@H]1C(C)C. The number of benzene rings is 1. The van der Waals surface area contributed by atoms with Gasteiger partial charge in [0.05, 0.1) is 0 Å². The van der Waals surface area contributed by atoms with E-state index in [1.54, 1.807) is 4.90 Å². The third-order valence-corrected chi connectivity index (χ3v) is 5.02. The first-order valence-electron chi connectivity index (χ1n) is 8.79. The van der Waals surface area contributed by atoms with Crippen molar-refractivity contribution >= 4 is 26.2 Å². The number of aliphatic hydroxyl groups is 1. The molecule has 2 rings (SSSR count). The van der Waals surface area contributed by atoms with Crippen molar-refractivity contribution < 1.29 is 19.4 Å². The third kappa shape index (κ3) is 5.14. The van der Waals surface area contributed by atoms with E-state index in [2.05, 4.69) is 29.4 Å². The summed E-state index contributed by atoms with van der Waals surface area (Å²) in [5.74, 6) is -0.00489. The Kier molecular flexibility index (Phi) is 7.63. The van der Waals surface area contributed by atoms with E-state index >= 15 is 0 Å². The molecule has 0 bridgehead atoms. The van der Waals surface area contributed by atoms with E-state index in [0.29, 0.717) is 17.8 Å². The molecule has 1 aromatic carbocycles. The second-order valence-corrected chi connectivity index (χ2v) is 7.40. The van der Waals surface area contributed by atoms with Crippen LogP contribution >= 0.6 is 0 Å². The van der Waals surface area contributed by atoms with Crippen molar-refractivity contribution in [2.24, 2.45) is 5.92 Å². The van der Waals surface area contributed by atoms with Gasteiger partial charge in [0.1, 0.15) is 0 Å². The Morgan fingerprint density at radius 3 is 2.68 bits per heavy atom. The van der Waals surface area contributed by atoms with Gasteiger partial charge < -0.3 is 0 Å². The topological polar surface area (TPSA) is 59.0 Å². The van der Waals surface area contributed by atoms with Gasteiger partial charge in [-0.2, -0.15) is 0 Å². The van der Waals surface area contributed by atoms with Gasteiger partial charge in [-0.1, -0.05) is 0 Å². The zero-order chi connectivity index (χ0) is 18.4. The summed E-state index contributed by atoms with van der Waals surface area (Å²) in [5, 5.41) is 10.5. The Hall–Kier alpha value is -1.20. The van der Waals surface area contributed by atoms with Crippen LogP contribution in [-0.2, 0) is 20.9 Å². The van der Waals surface area contributed by atoms with Crippen LogP contribution in [0.25, 0.3) is 0 Å². The number of ether oxygens (including phenoxy) is 2. The summed E-state index contributed by atoms with van der Waals surface area (Å²) in [6, 6.07) is 9.60. The second-order valence-electron chi connectivity index (χ2n) is 6.67. The molecule has 3 atom stereocenters. The van der Waals surface area contributed by atoms with Crippen molar-refractivity contribution in [3.05, 3.63) is 35.9 Å². The Morgan fingerprint density at radius 1 is 1.40 bits per heavy atom. The summed E-state index contributed by atoms with van der Waals surface area (Å²) in [6.45, 7) is 6.82. The number of hydrogen-bond donors (Lipinski definition) is 1. The number of rotatable bonds is 8. The molecule has 25 heavy (non-hydrogen) atoms. The molecule has 0 saturated carbocycles. The van der Waals surface area contributed by atoms with Gasteiger partial charge in [0.2, 0.25) is 0 Å². The summed E-state index contributed by atoms with van der Waals surface area (Å²) in [5.41, 5.74) is 0.967. The second kappa shape index (κ2) is 9.48. The van der Waals surface area contributed by atoms with Crippen LogP contribution in [0, 0.1) is 5.92 Å². The predicted octanol–water partition coefficient (Wildman–Crippen LogP) is 1.87. The number of aliphatic hydroxyl groups excluding tert-OH is 1. The predicted molar refractivity (Wildman–Crippen MR) is 98.1 cm³/mol. The molecule has 1 aromatic rings. The van der Waals surface area contributed by atoms with Gasteiger partial charge in [-0.05, 0) is 0 Å². The van der Waals surface area contributed by atoms with Gasteiger partial charge in [0.25, 0.3) is 0 Å².